The van der Waals surface area contributed by atoms with Crippen molar-refractivity contribution in [3.8, 4) is 0 Å². The number of rotatable bonds is 7. The van der Waals surface area contributed by atoms with Gasteiger partial charge in [0.1, 0.15) is 0 Å². The van der Waals surface area contributed by atoms with E-state index in [-0.39, 0.29) is 30.3 Å². The maximum Gasteiger partial charge on any atom is 0.316 e. The molecule has 1 amide bonds. The molecule has 0 spiro atoms. The molecule has 1 unspecified atom stereocenters. The van der Waals surface area contributed by atoms with E-state index in [2.05, 4.69) is 23.5 Å². The summed E-state index contributed by atoms with van der Waals surface area (Å²) >= 11 is 1.45. The van der Waals surface area contributed by atoms with Crippen LogP contribution in [0.4, 0.5) is 0 Å². The summed E-state index contributed by atoms with van der Waals surface area (Å²) in [5, 5.41) is 2.73. The smallest absolute Gasteiger partial charge is 0.316 e. The van der Waals surface area contributed by atoms with Gasteiger partial charge in [0.2, 0.25) is 0 Å². The number of hydrogen-bond acceptors (Lipinski definition) is 5. The second kappa shape index (κ2) is 8.53. The summed E-state index contributed by atoms with van der Waals surface area (Å²) in [6, 6.07) is 6.36. The van der Waals surface area contributed by atoms with E-state index in [1.54, 1.807) is 0 Å². The molecule has 2 aliphatic rings. The number of esters is 1. The zero-order valence-corrected chi connectivity index (χ0v) is 14.5. The summed E-state index contributed by atoms with van der Waals surface area (Å²) in [7, 11) is 0. The average Bonchev–Trinajstić information content (AvgIpc) is 3.26. The third-order valence-corrected chi connectivity index (χ3v) is 5.31. The van der Waals surface area contributed by atoms with E-state index in [0.29, 0.717) is 6.54 Å². The summed E-state index contributed by atoms with van der Waals surface area (Å²) in [6.07, 6.45) is 5.60. The predicted molar refractivity (Wildman–Crippen MR) is 92.1 cm³/mol. The molecule has 3 rings (SSSR count). The summed E-state index contributed by atoms with van der Waals surface area (Å²) in [4.78, 5) is 24.5. The number of hydrogen-bond donors (Lipinski definition) is 1. The Morgan fingerprint density at radius 3 is 2.96 bits per heavy atom. The first-order valence-corrected chi connectivity index (χ1v) is 9.48. The van der Waals surface area contributed by atoms with Crippen LogP contribution >= 0.6 is 11.8 Å². The maximum atomic E-state index is 11.8. The molecular formula is C18H23NO4S. The standard InChI is InChI=1S/C18H23NO4S/c20-17(19-10-15-5-2-8-22-15)11-23-18(21)12-24-16-7-6-13-3-1-4-14(13)9-16/h6-7,9,15H,1-5,8,10-12H2,(H,19,20). The van der Waals surface area contributed by atoms with Crippen molar-refractivity contribution >= 4 is 23.6 Å². The van der Waals surface area contributed by atoms with Gasteiger partial charge in [0.15, 0.2) is 6.61 Å². The lowest BCUT2D eigenvalue weighted by Gasteiger charge is -2.11. The highest BCUT2D eigenvalue weighted by atomic mass is 32.2. The third kappa shape index (κ3) is 4.98. The molecule has 1 saturated heterocycles. The van der Waals surface area contributed by atoms with Gasteiger partial charge in [-0.1, -0.05) is 6.07 Å². The van der Waals surface area contributed by atoms with Crippen LogP contribution in [0.25, 0.3) is 0 Å². The molecule has 1 atom stereocenters. The quantitative estimate of drug-likeness (QED) is 0.603. The lowest BCUT2D eigenvalue weighted by molar-refractivity contribution is -0.146. The van der Waals surface area contributed by atoms with E-state index in [0.717, 1.165) is 37.2 Å². The van der Waals surface area contributed by atoms with Gasteiger partial charge in [-0.25, -0.2) is 0 Å². The molecule has 1 N–H and O–H groups in total. The van der Waals surface area contributed by atoms with Crippen LogP contribution in [0.3, 0.4) is 0 Å². The number of carbonyl (C=O) groups excluding carboxylic acids is 2. The lowest BCUT2D eigenvalue weighted by atomic mass is 10.1. The number of nitrogens with one attached hydrogen (secondary N) is 1. The highest BCUT2D eigenvalue weighted by Gasteiger charge is 2.17. The fraction of sp³-hybridized carbons (Fsp3) is 0.556. The second-order valence-electron chi connectivity index (χ2n) is 6.17. The van der Waals surface area contributed by atoms with Crippen LogP contribution in [0.15, 0.2) is 23.1 Å². The minimum absolute atomic E-state index is 0.0972. The summed E-state index contributed by atoms with van der Waals surface area (Å²) in [5.74, 6) is -0.424. The Morgan fingerprint density at radius 1 is 1.25 bits per heavy atom. The topological polar surface area (TPSA) is 64.6 Å². The first kappa shape index (κ1) is 17.3. The molecule has 0 saturated carbocycles. The van der Waals surface area contributed by atoms with Gasteiger partial charge in [-0.05, 0) is 55.4 Å². The molecule has 0 radical (unpaired) electrons. The van der Waals surface area contributed by atoms with Gasteiger partial charge in [-0.3, -0.25) is 9.59 Å². The Balaban J connectivity index is 1.32. The van der Waals surface area contributed by atoms with E-state index >= 15 is 0 Å². The number of carbonyl (C=O) groups is 2. The fourth-order valence-corrected chi connectivity index (χ4v) is 3.81. The summed E-state index contributed by atoms with van der Waals surface area (Å²) in [5.41, 5.74) is 2.81. The monoisotopic (exact) mass is 349 g/mol. The van der Waals surface area contributed by atoms with Crippen molar-refractivity contribution in [1.82, 2.24) is 5.32 Å². The molecule has 24 heavy (non-hydrogen) atoms. The molecular weight excluding hydrogens is 326 g/mol. The Bertz CT molecular complexity index is 599. The number of thioether (sulfide) groups is 1. The van der Waals surface area contributed by atoms with Crippen LogP contribution in [-0.4, -0.2) is 43.5 Å². The molecule has 6 heteroatoms. The molecule has 0 aromatic heterocycles. The van der Waals surface area contributed by atoms with Crippen molar-refractivity contribution in [3.63, 3.8) is 0 Å². The highest BCUT2D eigenvalue weighted by Crippen LogP contribution is 2.27. The Hall–Kier alpha value is -1.53. The van der Waals surface area contributed by atoms with Gasteiger partial charge in [0.05, 0.1) is 11.9 Å². The number of aryl methyl sites for hydroxylation is 2. The molecule has 1 fully saturated rings. The molecule has 1 aromatic carbocycles. The van der Waals surface area contributed by atoms with Crippen molar-refractivity contribution < 1.29 is 19.1 Å². The van der Waals surface area contributed by atoms with Gasteiger partial charge < -0.3 is 14.8 Å². The second-order valence-corrected chi connectivity index (χ2v) is 7.22. The van der Waals surface area contributed by atoms with E-state index in [1.165, 1.54) is 29.3 Å². The van der Waals surface area contributed by atoms with Gasteiger partial charge in [0.25, 0.3) is 5.91 Å². The normalized spacial score (nSPS) is 19.1. The minimum atomic E-state index is -0.368. The molecule has 0 bridgehead atoms. The number of fused-ring (bicyclic) bond motifs is 1. The van der Waals surface area contributed by atoms with Gasteiger partial charge >= 0.3 is 5.97 Å². The molecule has 5 nitrogen and oxygen atoms in total. The summed E-state index contributed by atoms with van der Waals surface area (Å²) in [6.45, 7) is 1.02. The molecule has 1 aliphatic carbocycles. The van der Waals surface area contributed by atoms with E-state index in [1.807, 2.05) is 0 Å². The average molecular weight is 349 g/mol. The van der Waals surface area contributed by atoms with E-state index in [4.69, 9.17) is 9.47 Å². The van der Waals surface area contributed by atoms with Gasteiger partial charge in [0, 0.05) is 18.0 Å². The third-order valence-electron chi connectivity index (χ3n) is 4.34. The van der Waals surface area contributed by atoms with Gasteiger partial charge in [-0.15, -0.1) is 11.8 Å². The predicted octanol–water partition coefficient (Wildman–Crippen LogP) is 2.11. The number of benzene rings is 1. The van der Waals surface area contributed by atoms with Crippen molar-refractivity contribution in [2.24, 2.45) is 0 Å². The number of ether oxygens (including phenoxy) is 2. The van der Waals surface area contributed by atoms with Crippen molar-refractivity contribution in [3.05, 3.63) is 29.3 Å². The Kier molecular flexibility index (Phi) is 6.15. The van der Waals surface area contributed by atoms with Crippen LogP contribution in [0.1, 0.15) is 30.4 Å². The van der Waals surface area contributed by atoms with Crippen molar-refractivity contribution in [2.45, 2.75) is 43.1 Å². The Labute approximate surface area is 146 Å². The molecule has 1 heterocycles. The van der Waals surface area contributed by atoms with E-state index < -0.39 is 0 Å². The fourth-order valence-electron chi connectivity index (χ4n) is 3.05. The van der Waals surface area contributed by atoms with Crippen molar-refractivity contribution in [1.29, 1.82) is 0 Å². The zero-order chi connectivity index (χ0) is 16.8. The first-order chi connectivity index (χ1) is 11.7. The maximum absolute atomic E-state index is 11.8. The highest BCUT2D eigenvalue weighted by molar-refractivity contribution is 8.00. The van der Waals surface area contributed by atoms with Crippen LogP contribution in [0, 0.1) is 0 Å². The summed E-state index contributed by atoms with van der Waals surface area (Å²) < 4.78 is 10.4. The van der Waals surface area contributed by atoms with Crippen LogP contribution in [0.2, 0.25) is 0 Å². The molecule has 130 valence electrons. The SMILES string of the molecule is O=C(COC(=O)CSc1ccc2c(c1)CCC2)NCC1CCCO1. The van der Waals surface area contributed by atoms with Gasteiger partial charge in [-0.2, -0.15) is 0 Å². The molecule has 1 aromatic rings. The van der Waals surface area contributed by atoms with Crippen molar-refractivity contribution in [2.75, 3.05) is 25.5 Å². The Morgan fingerprint density at radius 2 is 2.12 bits per heavy atom. The lowest BCUT2D eigenvalue weighted by Crippen LogP contribution is -2.35. The molecule has 1 aliphatic heterocycles. The first-order valence-electron chi connectivity index (χ1n) is 8.49. The number of amides is 1. The van der Waals surface area contributed by atoms with Crippen LogP contribution in [0.5, 0.6) is 0 Å². The van der Waals surface area contributed by atoms with Crippen LogP contribution in [-0.2, 0) is 31.9 Å². The largest absolute Gasteiger partial charge is 0.455 e. The zero-order valence-electron chi connectivity index (χ0n) is 13.7. The van der Waals surface area contributed by atoms with Crippen LogP contribution < -0.4 is 5.32 Å². The minimum Gasteiger partial charge on any atom is -0.455 e. The van der Waals surface area contributed by atoms with E-state index in [9.17, 15) is 9.59 Å².